The molecule has 0 saturated carbocycles. The van der Waals surface area contributed by atoms with E-state index in [0.29, 0.717) is 0 Å². The number of rotatable bonds is 2. The molecule has 0 aliphatic heterocycles. The third-order valence-electron chi connectivity index (χ3n) is 3.02. The standard InChI is InChI=1S/C13H16N4/c1-8-6-11(13(14)15)4-5-12(8)17-7-16-9(2)10(17)3/h4-7H,1-3H3,(H3,14,15). The van der Waals surface area contributed by atoms with Gasteiger partial charge in [-0.2, -0.15) is 0 Å². The first-order chi connectivity index (χ1) is 8.00. The van der Waals surface area contributed by atoms with Crippen molar-refractivity contribution in [3.63, 3.8) is 0 Å². The van der Waals surface area contributed by atoms with Crippen LogP contribution in [0.25, 0.3) is 5.69 Å². The van der Waals surface area contributed by atoms with Gasteiger partial charge < -0.3 is 10.3 Å². The number of amidine groups is 1. The number of aryl methyl sites for hydroxylation is 2. The molecule has 0 unspecified atom stereocenters. The maximum Gasteiger partial charge on any atom is 0.122 e. The predicted octanol–water partition coefficient (Wildman–Crippen LogP) is 2.08. The number of imidazole rings is 1. The van der Waals surface area contributed by atoms with Gasteiger partial charge in [0.15, 0.2) is 0 Å². The fraction of sp³-hybridized carbons (Fsp3) is 0.231. The lowest BCUT2D eigenvalue weighted by molar-refractivity contribution is 0.987. The van der Waals surface area contributed by atoms with Gasteiger partial charge in [0, 0.05) is 16.9 Å². The second-order valence-corrected chi connectivity index (χ2v) is 4.20. The van der Waals surface area contributed by atoms with Crippen LogP contribution in [0.4, 0.5) is 0 Å². The molecule has 0 fully saturated rings. The fourth-order valence-electron chi connectivity index (χ4n) is 1.83. The second kappa shape index (κ2) is 4.05. The minimum Gasteiger partial charge on any atom is -0.384 e. The Hall–Kier alpha value is -2.10. The molecule has 1 aromatic heterocycles. The van der Waals surface area contributed by atoms with Crippen molar-refractivity contribution >= 4 is 5.84 Å². The van der Waals surface area contributed by atoms with E-state index < -0.39 is 0 Å². The van der Waals surface area contributed by atoms with E-state index in [1.807, 2.05) is 45.3 Å². The highest BCUT2D eigenvalue weighted by molar-refractivity contribution is 5.95. The van der Waals surface area contributed by atoms with E-state index in [0.717, 1.165) is 28.2 Å². The lowest BCUT2D eigenvalue weighted by Gasteiger charge is -2.10. The molecule has 0 atom stereocenters. The first-order valence-electron chi connectivity index (χ1n) is 5.46. The molecule has 1 aromatic carbocycles. The average molecular weight is 228 g/mol. The highest BCUT2D eigenvalue weighted by atomic mass is 15.1. The van der Waals surface area contributed by atoms with Crippen LogP contribution < -0.4 is 5.73 Å². The van der Waals surface area contributed by atoms with Gasteiger partial charge in [-0.25, -0.2) is 4.98 Å². The van der Waals surface area contributed by atoms with Gasteiger partial charge in [-0.1, -0.05) is 0 Å². The zero-order valence-electron chi connectivity index (χ0n) is 10.3. The maximum absolute atomic E-state index is 7.41. The summed E-state index contributed by atoms with van der Waals surface area (Å²) in [5.41, 5.74) is 10.5. The van der Waals surface area contributed by atoms with Crippen molar-refractivity contribution in [2.75, 3.05) is 0 Å². The number of benzene rings is 1. The molecular formula is C13H16N4. The molecule has 0 amide bonds. The van der Waals surface area contributed by atoms with Crippen LogP contribution in [0, 0.1) is 26.2 Å². The van der Waals surface area contributed by atoms with E-state index in [4.69, 9.17) is 11.1 Å². The van der Waals surface area contributed by atoms with Crippen LogP contribution in [0.5, 0.6) is 0 Å². The van der Waals surface area contributed by atoms with Crippen molar-refractivity contribution in [1.29, 1.82) is 5.41 Å². The molecule has 2 rings (SSSR count). The molecule has 17 heavy (non-hydrogen) atoms. The number of nitrogens with zero attached hydrogens (tertiary/aromatic N) is 2. The van der Waals surface area contributed by atoms with Gasteiger partial charge in [0.2, 0.25) is 0 Å². The Balaban J connectivity index is 2.54. The Labute approximate surface area is 101 Å². The molecule has 3 N–H and O–H groups in total. The minimum absolute atomic E-state index is 0.0955. The zero-order valence-corrected chi connectivity index (χ0v) is 10.3. The van der Waals surface area contributed by atoms with Gasteiger partial charge in [-0.3, -0.25) is 5.41 Å². The van der Waals surface area contributed by atoms with Gasteiger partial charge in [0.05, 0.1) is 12.0 Å². The predicted molar refractivity (Wildman–Crippen MR) is 68.8 cm³/mol. The van der Waals surface area contributed by atoms with E-state index in [1.54, 1.807) is 0 Å². The Bertz CT molecular complexity index is 581. The van der Waals surface area contributed by atoms with Gasteiger partial charge in [0.25, 0.3) is 0 Å². The number of hydrogen-bond donors (Lipinski definition) is 2. The summed E-state index contributed by atoms with van der Waals surface area (Å²) in [4.78, 5) is 4.29. The van der Waals surface area contributed by atoms with Crippen molar-refractivity contribution < 1.29 is 0 Å². The van der Waals surface area contributed by atoms with E-state index >= 15 is 0 Å². The molecule has 0 bridgehead atoms. The topological polar surface area (TPSA) is 67.7 Å². The highest BCUT2D eigenvalue weighted by Crippen LogP contribution is 2.18. The summed E-state index contributed by atoms with van der Waals surface area (Å²) in [6, 6.07) is 5.76. The van der Waals surface area contributed by atoms with Gasteiger partial charge in [0.1, 0.15) is 5.84 Å². The summed E-state index contributed by atoms with van der Waals surface area (Å²) < 4.78 is 2.05. The van der Waals surface area contributed by atoms with Crippen LogP contribution in [0.2, 0.25) is 0 Å². The second-order valence-electron chi connectivity index (χ2n) is 4.20. The molecule has 4 nitrogen and oxygen atoms in total. The van der Waals surface area contributed by atoms with E-state index in [9.17, 15) is 0 Å². The van der Waals surface area contributed by atoms with Gasteiger partial charge >= 0.3 is 0 Å². The summed E-state index contributed by atoms with van der Waals surface area (Å²) in [5, 5.41) is 7.41. The Morgan fingerprint density at radius 2 is 2.00 bits per heavy atom. The average Bonchev–Trinajstić information content (AvgIpc) is 2.60. The Morgan fingerprint density at radius 3 is 2.47 bits per heavy atom. The summed E-state index contributed by atoms with van der Waals surface area (Å²) >= 11 is 0. The summed E-state index contributed by atoms with van der Waals surface area (Å²) in [6.07, 6.45) is 1.82. The first-order valence-corrected chi connectivity index (χ1v) is 5.46. The molecule has 88 valence electrons. The van der Waals surface area contributed by atoms with E-state index in [2.05, 4.69) is 9.55 Å². The molecule has 4 heteroatoms. The smallest absolute Gasteiger partial charge is 0.122 e. The third-order valence-corrected chi connectivity index (χ3v) is 3.02. The third kappa shape index (κ3) is 1.93. The van der Waals surface area contributed by atoms with Crippen LogP contribution in [0.3, 0.4) is 0 Å². The Kier molecular flexibility index (Phi) is 2.71. The minimum atomic E-state index is 0.0955. The van der Waals surface area contributed by atoms with Crippen molar-refractivity contribution in [3.05, 3.63) is 47.0 Å². The number of nitrogen functional groups attached to an aromatic ring is 1. The van der Waals surface area contributed by atoms with Crippen LogP contribution in [-0.4, -0.2) is 15.4 Å². The normalized spacial score (nSPS) is 10.5. The number of aromatic nitrogens is 2. The van der Waals surface area contributed by atoms with Gasteiger partial charge in [-0.15, -0.1) is 0 Å². The van der Waals surface area contributed by atoms with Crippen LogP contribution in [-0.2, 0) is 0 Å². The highest BCUT2D eigenvalue weighted by Gasteiger charge is 2.08. The lowest BCUT2D eigenvalue weighted by Crippen LogP contribution is -2.11. The summed E-state index contributed by atoms with van der Waals surface area (Å²) in [5.74, 6) is 0.0955. The van der Waals surface area contributed by atoms with E-state index in [1.165, 1.54) is 0 Å². The lowest BCUT2D eigenvalue weighted by atomic mass is 10.1. The zero-order chi connectivity index (χ0) is 12.6. The summed E-state index contributed by atoms with van der Waals surface area (Å²) in [7, 11) is 0. The van der Waals surface area contributed by atoms with Crippen molar-refractivity contribution in [3.8, 4) is 5.69 Å². The van der Waals surface area contributed by atoms with Crippen LogP contribution >= 0.6 is 0 Å². The largest absolute Gasteiger partial charge is 0.384 e. The monoisotopic (exact) mass is 228 g/mol. The van der Waals surface area contributed by atoms with Crippen molar-refractivity contribution in [1.82, 2.24) is 9.55 Å². The maximum atomic E-state index is 7.41. The van der Waals surface area contributed by atoms with Crippen molar-refractivity contribution in [2.45, 2.75) is 20.8 Å². The number of nitrogens with two attached hydrogens (primary N) is 1. The number of hydrogen-bond acceptors (Lipinski definition) is 2. The first kappa shape index (κ1) is 11.4. The van der Waals surface area contributed by atoms with Crippen LogP contribution in [0.15, 0.2) is 24.5 Å². The SMILES string of the molecule is Cc1cc(C(=N)N)ccc1-n1cnc(C)c1C. The molecule has 0 saturated heterocycles. The molecule has 0 aliphatic carbocycles. The molecule has 1 heterocycles. The molecule has 0 aliphatic rings. The van der Waals surface area contributed by atoms with Crippen molar-refractivity contribution in [2.24, 2.45) is 5.73 Å². The Morgan fingerprint density at radius 1 is 1.29 bits per heavy atom. The van der Waals surface area contributed by atoms with Gasteiger partial charge in [-0.05, 0) is 44.5 Å². The fourth-order valence-corrected chi connectivity index (χ4v) is 1.83. The van der Waals surface area contributed by atoms with E-state index in [-0.39, 0.29) is 5.84 Å². The molecule has 0 radical (unpaired) electrons. The molecule has 2 aromatic rings. The number of nitrogens with one attached hydrogen (secondary N) is 1. The molecular weight excluding hydrogens is 212 g/mol. The summed E-state index contributed by atoms with van der Waals surface area (Å²) in [6.45, 7) is 6.04. The quantitative estimate of drug-likeness (QED) is 0.610. The molecule has 0 spiro atoms. The van der Waals surface area contributed by atoms with Crippen LogP contribution in [0.1, 0.15) is 22.5 Å².